The van der Waals surface area contributed by atoms with Crippen molar-refractivity contribution in [1.82, 2.24) is 10.5 Å². The van der Waals surface area contributed by atoms with E-state index in [1.807, 2.05) is 0 Å². The average molecular weight is 290 g/mol. The minimum atomic E-state index is -0.361. The highest BCUT2D eigenvalue weighted by Crippen LogP contribution is 2.20. The van der Waals surface area contributed by atoms with Gasteiger partial charge in [-0.2, -0.15) is 0 Å². The van der Waals surface area contributed by atoms with E-state index in [-0.39, 0.29) is 23.6 Å². The largest absolute Gasteiger partial charge is 0.376 e. The zero-order chi connectivity index (χ0) is 14.7. The first-order valence-electron chi connectivity index (χ1n) is 6.85. The summed E-state index contributed by atoms with van der Waals surface area (Å²) in [6.07, 6.45) is 2.04. The van der Waals surface area contributed by atoms with Crippen LogP contribution in [0, 0.1) is 5.82 Å². The molecule has 1 aliphatic rings. The lowest BCUT2D eigenvalue weighted by atomic mass is 10.1. The second-order valence-corrected chi connectivity index (χ2v) is 4.93. The summed E-state index contributed by atoms with van der Waals surface area (Å²) in [6, 6.07) is 7.47. The molecule has 5 nitrogen and oxygen atoms in total. The highest BCUT2D eigenvalue weighted by atomic mass is 19.1. The quantitative estimate of drug-likeness (QED) is 0.939. The van der Waals surface area contributed by atoms with E-state index < -0.39 is 0 Å². The topological polar surface area (TPSA) is 64.4 Å². The van der Waals surface area contributed by atoms with E-state index in [1.165, 1.54) is 18.2 Å². The fourth-order valence-corrected chi connectivity index (χ4v) is 2.27. The second kappa shape index (κ2) is 6.05. The van der Waals surface area contributed by atoms with E-state index in [9.17, 15) is 9.18 Å². The lowest BCUT2D eigenvalue weighted by Crippen LogP contribution is -2.31. The fraction of sp³-hybridized carbons (Fsp3) is 0.333. The standard InChI is InChI=1S/C15H15FN2O3/c16-11-4-1-3-10(7-11)13-8-14(21-18-13)15(19)17-9-12-5-2-6-20-12/h1,3-4,7-8,12H,2,5-6,9H2,(H,17,19)/t12-/m0/s1. The number of rotatable bonds is 4. The number of aromatic nitrogens is 1. The summed E-state index contributed by atoms with van der Waals surface area (Å²) in [5.74, 6) is -0.604. The van der Waals surface area contributed by atoms with Crippen LogP contribution in [0.5, 0.6) is 0 Å². The average Bonchev–Trinajstić information content (AvgIpc) is 3.16. The molecule has 0 radical (unpaired) electrons. The number of ether oxygens (including phenoxy) is 1. The Kier molecular flexibility index (Phi) is 3.96. The van der Waals surface area contributed by atoms with Crippen LogP contribution in [0.15, 0.2) is 34.9 Å². The van der Waals surface area contributed by atoms with Crippen LogP contribution in [-0.4, -0.2) is 30.3 Å². The molecule has 0 unspecified atom stereocenters. The van der Waals surface area contributed by atoms with Gasteiger partial charge in [-0.15, -0.1) is 0 Å². The van der Waals surface area contributed by atoms with E-state index >= 15 is 0 Å². The molecule has 0 bridgehead atoms. The number of halogens is 1. The van der Waals surface area contributed by atoms with Gasteiger partial charge in [0, 0.05) is 24.8 Å². The van der Waals surface area contributed by atoms with Crippen LogP contribution in [0.3, 0.4) is 0 Å². The van der Waals surface area contributed by atoms with Crippen LogP contribution in [0.25, 0.3) is 11.3 Å². The van der Waals surface area contributed by atoms with Gasteiger partial charge in [0.05, 0.1) is 6.10 Å². The van der Waals surface area contributed by atoms with Crippen molar-refractivity contribution in [3.63, 3.8) is 0 Å². The second-order valence-electron chi connectivity index (χ2n) is 4.93. The zero-order valence-electron chi connectivity index (χ0n) is 11.3. The van der Waals surface area contributed by atoms with Crippen molar-refractivity contribution in [2.75, 3.05) is 13.2 Å². The van der Waals surface area contributed by atoms with Crippen LogP contribution >= 0.6 is 0 Å². The van der Waals surface area contributed by atoms with E-state index in [0.717, 1.165) is 19.4 Å². The van der Waals surface area contributed by atoms with Gasteiger partial charge in [-0.05, 0) is 25.0 Å². The summed E-state index contributed by atoms with van der Waals surface area (Å²) in [4.78, 5) is 11.9. The molecule has 2 aromatic rings. The fourth-order valence-electron chi connectivity index (χ4n) is 2.27. The van der Waals surface area contributed by atoms with Crippen LogP contribution < -0.4 is 5.32 Å². The predicted octanol–water partition coefficient (Wildman–Crippen LogP) is 2.39. The number of nitrogens with zero attached hydrogens (tertiary/aromatic N) is 1. The Bertz CT molecular complexity index is 635. The number of benzene rings is 1. The van der Waals surface area contributed by atoms with Gasteiger partial charge < -0.3 is 14.6 Å². The van der Waals surface area contributed by atoms with Crippen LogP contribution in [0.1, 0.15) is 23.4 Å². The number of carbonyl (C=O) groups is 1. The van der Waals surface area contributed by atoms with Gasteiger partial charge in [0.1, 0.15) is 11.5 Å². The van der Waals surface area contributed by atoms with Crippen molar-refractivity contribution in [3.8, 4) is 11.3 Å². The molecule has 1 aliphatic heterocycles. The predicted molar refractivity (Wildman–Crippen MR) is 73.2 cm³/mol. The molecule has 110 valence electrons. The minimum Gasteiger partial charge on any atom is -0.376 e. The molecule has 6 heteroatoms. The maximum atomic E-state index is 13.2. The molecule has 1 fully saturated rings. The molecule has 1 atom stereocenters. The van der Waals surface area contributed by atoms with Crippen LogP contribution in [0.2, 0.25) is 0 Å². The number of hydrogen-bond donors (Lipinski definition) is 1. The molecule has 2 heterocycles. The first-order valence-corrected chi connectivity index (χ1v) is 6.85. The van der Waals surface area contributed by atoms with E-state index in [4.69, 9.17) is 9.26 Å². The molecule has 3 rings (SSSR count). The minimum absolute atomic E-state index is 0.0690. The monoisotopic (exact) mass is 290 g/mol. The van der Waals surface area contributed by atoms with Crippen molar-refractivity contribution in [1.29, 1.82) is 0 Å². The highest BCUT2D eigenvalue weighted by Gasteiger charge is 2.19. The summed E-state index contributed by atoms with van der Waals surface area (Å²) in [5.41, 5.74) is 0.994. The van der Waals surface area contributed by atoms with Crippen molar-refractivity contribution in [2.45, 2.75) is 18.9 Å². The van der Waals surface area contributed by atoms with Crippen molar-refractivity contribution < 1.29 is 18.4 Å². The molecular formula is C15H15FN2O3. The summed E-state index contributed by atoms with van der Waals surface area (Å²) in [6.45, 7) is 1.20. The van der Waals surface area contributed by atoms with Gasteiger partial charge in [0.25, 0.3) is 5.91 Å². The normalized spacial score (nSPS) is 17.9. The van der Waals surface area contributed by atoms with Gasteiger partial charge >= 0.3 is 0 Å². The molecule has 1 saturated heterocycles. The van der Waals surface area contributed by atoms with Crippen molar-refractivity contribution in [2.24, 2.45) is 0 Å². The van der Waals surface area contributed by atoms with E-state index in [2.05, 4.69) is 10.5 Å². The molecular weight excluding hydrogens is 275 g/mol. The number of hydrogen-bond acceptors (Lipinski definition) is 4. The van der Waals surface area contributed by atoms with Gasteiger partial charge in [-0.1, -0.05) is 17.3 Å². The highest BCUT2D eigenvalue weighted by molar-refractivity contribution is 5.92. The van der Waals surface area contributed by atoms with Gasteiger partial charge in [-0.3, -0.25) is 4.79 Å². The molecule has 1 amide bonds. The molecule has 1 N–H and O–H groups in total. The number of amides is 1. The van der Waals surface area contributed by atoms with Crippen molar-refractivity contribution in [3.05, 3.63) is 41.9 Å². The van der Waals surface area contributed by atoms with Gasteiger partial charge in [-0.25, -0.2) is 4.39 Å². The maximum Gasteiger partial charge on any atom is 0.290 e. The third-order valence-corrected chi connectivity index (χ3v) is 3.37. The van der Waals surface area contributed by atoms with Gasteiger partial charge in [0.15, 0.2) is 0 Å². The van der Waals surface area contributed by atoms with Crippen LogP contribution in [-0.2, 0) is 4.74 Å². The summed E-state index contributed by atoms with van der Waals surface area (Å²) < 4.78 is 23.6. The Labute approximate surface area is 121 Å². The molecule has 1 aromatic carbocycles. The molecule has 0 spiro atoms. The Balaban J connectivity index is 1.65. The molecule has 0 aliphatic carbocycles. The molecule has 21 heavy (non-hydrogen) atoms. The zero-order valence-corrected chi connectivity index (χ0v) is 11.3. The Morgan fingerprint density at radius 3 is 3.10 bits per heavy atom. The van der Waals surface area contributed by atoms with Crippen molar-refractivity contribution >= 4 is 5.91 Å². The SMILES string of the molecule is O=C(NC[C@@H]1CCCO1)c1cc(-c2cccc(F)c2)no1. The third kappa shape index (κ3) is 3.28. The number of nitrogens with one attached hydrogen (secondary N) is 1. The number of carbonyl (C=O) groups excluding carboxylic acids is 1. The lowest BCUT2D eigenvalue weighted by molar-refractivity contribution is 0.0828. The first-order chi connectivity index (χ1) is 10.2. The summed E-state index contributed by atoms with van der Waals surface area (Å²) >= 11 is 0. The van der Waals surface area contributed by atoms with Crippen LogP contribution in [0.4, 0.5) is 4.39 Å². The Hall–Kier alpha value is -2.21. The maximum absolute atomic E-state index is 13.2. The van der Waals surface area contributed by atoms with Gasteiger partial charge in [0.2, 0.25) is 5.76 Å². The Morgan fingerprint density at radius 1 is 1.43 bits per heavy atom. The molecule has 1 aromatic heterocycles. The molecule has 0 saturated carbocycles. The first kappa shape index (κ1) is 13.8. The lowest BCUT2D eigenvalue weighted by Gasteiger charge is -2.08. The third-order valence-electron chi connectivity index (χ3n) is 3.37. The summed E-state index contributed by atoms with van der Waals surface area (Å²) in [7, 11) is 0. The van der Waals surface area contributed by atoms with E-state index in [1.54, 1.807) is 12.1 Å². The van der Waals surface area contributed by atoms with E-state index in [0.29, 0.717) is 17.8 Å². The smallest absolute Gasteiger partial charge is 0.290 e. The Morgan fingerprint density at radius 2 is 2.33 bits per heavy atom. The summed E-state index contributed by atoms with van der Waals surface area (Å²) in [5, 5.41) is 6.54.